The number of nitrogens with one attached hydrogen (secondary N) is 1. The lowest BCUT2D eigenvalue weighted by atomic mass is 10.1. The van der Waals surface area contributed by atoms with Crippen molar-refractivity contribution in [1.82, 2.24) is 19.2 Å². The van der Waals surface area contributed by atoms with Gasteiger partial charge in [-0.3, -0.25) is 4.79 Å². The largest absolute Gasteiger partial charge is 0.345 e. The number of piperazine rings is 1. The number of rotatable bonds is 3. The fourth-order valence-electron chi connectivity index (χ4n) is 3.89. The molecule has 0 atom stereocenters. The molecule has 4 aromatic rings. The van der Waals surface area contributed by atoms with Crippen molar-refractivity contribution in [3.05, 3.63) is 71.5 Å². The van der Waals surface area contributed by atoms with E-state index < -0.39 is 10.0 Å². The lowest BCUT2D eigenvalue weighted by molar-refractivity contribution is 0.0698. The van der Waals surface area contributed by atoms with Crippen LogP contribution >= 0.6 is 24.0 Å². The summed E-state index contributed by atoms with van der Waals surface area (Å²) >= 11 is 6.01. The van der Waals surface area contributed by atoms with Gasteiger partial charge in [-0.25, -0.2) is 13.4 Å². The van der Waals surface area contributed by atoms with Crippen LogP contribution in [0.3, 0.4) is 0 Å². The van der Waals surface area contributed by atoms with E-state index in [0.717, 1.165) is 21.8 Å². The third kappa shape index (κ3) is 4.06. The van der Waals surface area contributed by atoms with E-state index in [4.69, 9.17) is 11.6 Å². The molecule has 7 nitrogen and oxygen atoms in total. The third-order valence-corrected chi connectivity index (χ3v) is 7.73. The number of hydrogen-bond donors (Lipinski definition) is 1. The van der Waals surface area contributed by atoms with Crippen molar-refractivity contribution in [2.24, 2.45) is 0 Å². The first-order valence-electron chi connectivity index (χ1n) is 9.84. The van der Waals surface area contributed by atoms with Crippen LogP contribution in [0.1, 0.15) is 10.4 Å². The maximum Gasteiger partial charge on any atom is 0.254 e. The fraction of sp³-hybridized carbons (Fsp3) is 0.182. The van der Waals surface area contributed by atoms with Crippen molar-refractivity contribution in [3.8, 4) is 0 Å². The summed E-state index contributed by atoms with van der Waals surface area (Å²) in [5.41, 5.74) is 2.15. The predicted molar refractivity (Wildman–Crippen MR) is 127 cm³/mol. The van der Waals surface area contributed by atoms with Gasteiger partial charge in [-0.1, -0.05) is 23.7 Å². The molecule has 0 radical (unpaired) electrons. The zero-order valence-corrected chi connectivity index (χ0v) is 19.3. The standard InChI is InChI=1S/C22H19ClN4O3S.ClH/c23-18-4-1-16-12-19(5-2-15(16)11-18)31(29,30)27-9-7-26(8-10-27)22(28)17-3-6-20-21(13-17)25-14-24-20;/h1-6,11-14H,7-10H2,(H,24,25);1H. The number of fused-ring (bicyclic) bond motifs is 2. The number of halogens is 2. The van der Waals surface area contributed by atoms with Gasteiger partial charge < -0.3 is 9.88 Å². The summed E-state index contributed by atoms with van der Waals surface area (Å²) < 4.78 is 27.7. The van der Waals surface area contributed by atoms with Gasteiger partial charge in [0.2, 0.25) is 10.0 Å². The summed E-state index contributed by atoms with van der Waals surface area (Å²) in [6.07, 6.45) is 1.59. The molecule has 1 saturated heterocycles. The van der Waals surface area contributed by atoms with Crippen LogP contribution in [0.5, 0.6) is 0 Å². The first-order valence-corrected chi connectivity index (χ1v) is 11.7. The minimum atomic E-state index is -3.65. The Labute approximate surface area is 196 Å². The molecule has 1 N–H and O–H groups in total. The van der Waals surface area contributed by atoms with Gasteiger partial charge in [-0.05, 0) is 53.2 Å². The first kappa shape index (κ1) is 22.5. The molecule has 0 spiro atoms. The highest BCUT2D eigenvalue weighted by Gasteiger charge is 2.30. The summed E-state index contributed by atoms with van der Waals surface area (Å²) in [5.74, 6) is -0.115. The van der Waals surface area contributed by atoms with E-state index in [0.29, 0.717) is 23.7 Å². The number of sulfonamides is 1. The molecule has 5 rings (SSSR count). The van der Waals surface area contributed by atoms with Crippen LogP contribution in [0.4, 0.5) is 0 Å². The Hall–Kier alpha value is -2.65. The van der Waals surface area contributed by atoms with Crippen LogP contribution in [0, 0.1) is 0 Å². The quantitative estimate of drug-likeness (QED) is 0.471. The summed E-state index contributed by atoms with van der Waals surface area (Å²) in [7, 11) is -3.65. The van der Waals surface area contributed by atoms with Crippen LogP contribution in [0.25, 0.3) is 21.8 Å². The van der Waals surface area contributed by atoms with Crippen molar-refractivity contribution in [3.63, 3.8) is 0 Å². The number of carbonyl (C=O) groups is 1. The number of imidazole rings is 1. The second-order valence-electron chi connectivity index (χ2n) is 7.48. The van der Waals surface area contributed by atoms with Crippen LogP contribution in [0.2, 0.25) is 5.02 Å². The van der Waals surface area contributed by atoms with Gasteiger partial charge in [-0.15, -0.1) is 12.4 Å². The number of amides is 1. The molecule has 166 valence electrons. The molecule has 0 bridgehead atoms. The highest BCUT2D eigenvalue weighted by Crippen LogP contribution is 2.25. The van der Waals surface area contributed by atoms with Gasteiger partial charge in [0.15, 0.2) is 0 Å². The van der Waals surface area contributed by atoms with E-state index in [-0.39, 0.29) is 36.3 Å². The van der Waals surface area contributed by atoms with Gasteiger partial charge in [0.1, 0.15) is 0 Å². The molecule has 0 aliphatic carbocycles. The summed E-state index contributed by atoms with van der Waals surface area (Å²) in [6, 6.07) is 15.7. The number of nitrogens with zero attached hydrogens (tertiary/aromatic N) is 3. The van der Waals surface area contributed by atoms with Crippen LogP contribution in [-0.2, 0) is 10.0 Å². The van der Waals surface area contributed by atoms with Gasteiger partial charge in [0.05, 0.1) is 22.3 Å². The SMILES string of the molecule is Cl.O=C(c1ccc2nc[nH]c2c1)N1CCN(S(=O)(=O)c2ccc3cc(Cl)ccc3c2)CC1. The van der Waals surface area contributed by atoms with Crippen molar-refractivity contribution in [1.29, 1.82) is 0 Å². The average molecular weight is 491 g/mol. The van der Waals surface area contributed by atoms with Gasteiger partial charge >= 0.3 is 0 Å². The Balaban J connectivity index is 0.00000245. The Morgan fingerprint density at radius 1 is 0.938 bits per heavy atom. The molecule has 0 unspecified atom stereocenters. The number of H-pyrrole nitrogens is 1. The van der Waals surface area contributed by atoms with Gasteiger partial charge in [0.25, 0.3) is 5.91 Å². The molecular formula is C22H20Cl2N4O3S. The zero-order chi connectivity index (χ0) is 21.6. The minimum absolute atomic E-state index is 0. The molecule has 10 heteroatoms. The van der Waals surface area contributed by atoms with E-state index in [1.54, 1.807) is 59.8 Å². The van der Waals surface area contributed by atoms with Crippen LogP contribution in [-0.4, -0.2) is 59.7 Å². The van der Waals surface area contributed by atoms with Crippen molar-refractivity contribution >= 4 is 61.7 Å². The molecule has 1 fully saturated rings. The van der Waals surface area contributed by atoms with E-state index in [1.807, 2.05) is 6.07 Å². The Morgan fingerprint density at radius 3 is 2.44 bits per heavy atom. The highest BCUT2D eigenvalue weighted by molar-refractivity contribution is 7.89. The molecule has 1 aliphatic heterocycles. The van der Waals surface area contributed by atoms with Gasteiger partial charge in [0, 0.05) is 36.8 Å². The van der Waals surface area contributed by atoms with E-state index in [9.17, 15) is 13.2 Å². The fourth-order valence-corrected chi connectivity index (χ4v) is 5.53. The van der Waals surface area contributed by atoms with E-state index >= 15 is 0 Å². The predicted octanol–water partition coefficient (Wildman–Crippen LogP) is 3.94. The third-order valence-electron chi connectivity index (χ3n) is 5.60. The maximum atomic E-state index is 13.1. The topological polar surface area (TPSA) is 86.4 Å². The lowest BCUT2D eigenvalue weighted by Crippen LogP contribution is -2.50. The Bertz CT molecular complexity index is 1410. The number of benzene rings is 3. The van der Waals surface area contributed by atoms with E-state index in [2.05, 4.69) is 9.97 Å². The molecule has 32 heavy (non-hydrogen) atoms. The van der Waals surface area contributed by atoms with Crippen LogP contribution in [0.15, 0.2) is 65.8 Å². The van der Waals surface area contributed by atoms with Crippen molar-refractivity contribution in [2.75, 3.05) is 26.2 Å². The highest BCUT2D eigenvalue weighted by atomic mass is 35.5. The number of aromatic amines is 1. The zero-order valence-electron chi connectivity index (χ0n) is 16.9. The Kier molecular flexibility index (Phi) is 6.13. The minimum Gasteiger partial charge on any atom is -0.345 e. The monoisotopic (exact) mass is 490 g/mol. The molecule has 1 amide bonds. The number of hydrogen-bond acceptors (Lipinski definition) is 4. The molecule has 2 heterocycles. The average Bonchev–Trinajstić information content (AvgIpc) is 3.26. The van der Waals surface area contributed by atoms with Crippen LogP contribution < -0.4 is 0 Å². The summed E-state index contributed by atoms with van der Waals surface area (Å²) in [4.78, 5) is 22.0. The molecule has 3 aromatic carbocycles. The van der Waals surface area contributed by atoms with E-state index in [1.165, 1.54) is 4.31 Å². The summed E-state index contributed by atoms with van der Waals surface area (Å²) in [6.45, 7) is 1.17. The number of aromatic nitrogens is 2. The normalized spacial score (nSPS) is 15.1. The molecule has 1 aromatic heterocycles. The second-order valence-corrected chi connectivity index (χ2v) is 9.86. The number of carbonyl (C=O) groups excluding carboxylic acids is 1. The first-order chi connectivity index (χ1) is 14.9. The molecule has 0 saturated carbocycles. The van der Waals surface area contributed by atoms with Crippen molar-refractivity contribution < 1.29 is 13.2 Å². The lowest BCUT2D eigenvalue weighted by Gasteiger charge is -2.34. The summed E-state index contributed by atoms with van der Waals surface area (Å²) in [5, 5.41) is 2.31. The molecule has 1 aliphatic rings. The maximum absolute atomic E-state index is 13.1. The smallest absolute Gasteiger partial charge is 0.254 e. The van der Waals surface area contributed by atoms with Crippen molar-refractivity contribution in [2.45, 2.75) is 4.90 Å². The second kappa shape index (κ2) is 8.71. The Morgan fingerprint density at radius 2 is 1.66 bits per heavy atom. The van der Waals surface area contributed by atoms with Gasteiger partial charge in [-0.2, -0.15) is 4.31 Å². The molecular weight excluding hydrogens is 471 g/mol.